The Labute approximate surface area is 122 Å². The minimum absolute atomic E-state index is 0.0165. The largest absolute Gasteiger partial charge is 0.370 e. The van der Waals surface area contributed by atoms with Crippen LogP contribution in [0.25, 0.3) is 0 Å². The number of pyridine rings is 1. The Balaban J connectivity index is 2.28. The van der Waals surface area contributed by atoms with Crippen molar-refractivity contribution in [3.63, 3.8) is 0 Å². The van der Waals surface area contributed by atoms with Gasteiger partial charge in [-0.15, -0.1) is 0 Å². The van der Waals surface area contributed by atoms with Gasteiger partial charge in [0.25, 0.3) is 5.69 Å². The third-order valence-electron chi connectivity index (χ3n) is 3.51. The standard InChI is InChI=1S/C13H19N5O3/c1-2-15-11-6-10(18(20)21)7-12(16-11)17-5-3-4-9(8-17)13(14)19/h6-7,9H,2-5,8H2,1H3,(H2,14,19)(H,15,16). The van der Waals surface area contributed by atoms with E-state index < -0.39 is 4.92 Å². The third-order valence-corrected chi connectivity index (χ3v) is 3.51. The molecule has 8 nitrogen and oxygen atoms in total. The zero-order chi connectivity index (χ0) is 15.4. The molecular formula is C13H19N5O3. The van der Waals surface area contributed by atoms with E-state index in [1.165, 1.54) is 12.1 Å². The van der Waals surface area contributed by atoms with E-state index >= 15 is 0 Å². The summed E-state index contributed by atoms with van der Waals surface area (Å²) in [6, 6.07) is 2.84. The number of nitro groups is 1. The van der Waals surface area contributed by atoms with E-state index in [-0.39, 0.29) is 17.5 Å². The van der Waals surface area contributed by atoms with E-state index in [9.17, 15) is 14.9 Å². The monoisotopic (exact) mass is 293 g/mol. The summed E-state index contributed by atoms with van der Waals surface area (Å²) in [5.41, 5.74) is 5.34. The highest BCUT2D eigenvalue weighted by Crippen LogP contribution is 2.27. The Kier molecular flexibility index (Phi) is 4.56. The lowest BCUT2D eigenvalue weighted by molar-refractivity contribution is -0.384. The van der Waals surface area contributed by atoms with Gasteiger partial charge in [-0.3, -0.25) is 14.9 Å². The van der Waals surface area contributed by atoms with E-state index in [2.05, 4.69) is 10.3 Å². The van der Waals surface area contributed by atoms with Crippen LogP contribution in [0.5, 0.6) is 0 Å². The van der Waals surface area contributed by atoms with Crippen molar-refractivity contribution in [1.29, 1.82) is 0 Å². The van der Waals surface area contributed by atoms with Crippen molar-refractivity contribution in [2.75, 3.05) is 29.9 Å². The lowest BCUT2D eigenvalue weighted by Crippen LogP contribution is -2.41. The Hall–Kier alpha value is -2.38. The smallest absolute Gasteiger partial charge is 0.276 e. The van der Waals surface area contributed by atoms with E-state index in [0.717, 1.165) is 12.8 Å². The van der Waals surface area contributed by atoms with Gasteiger partial charge in [0.05, 0.1) is 23.0 Å². The average Bonchev–Trinajstić information content (AvgIpc) is 2.47. The number of nitrogens with two attached hydrogens (primary N) is 1. The third kappa shape index (κ3) is 3.59. The van der Waals surface area contributed by atoms with Gasteiger partial charge in [-0.25, -0.2) is 4.98 Å². The fraction of sp³-hybridized carbons (Fsp3) is 0.538. The summed E-state index contributed by atoms with van der Waals surface area (Å²) in [7, 11) is 0. The first-order chi connectivity index (χ1) is 10.0. The molecule has 21 heavy (non-hydrogen) atoms. The fourth-order valence-corrected chi connectivity index (χ4v) is 2.46. The highest BCUT2D eigenvalue weighted by atomic mass is 16.6. The molecule has 1 aliphatic heterocycles. The maximum atomic E-state index is 11.3. The lowest BCUT2D eigenvalue weighted by Gasteiger charge is -2.32. The number of amides is 1. The molecule has 3 N–H and O–H groups in total. The van der Waals surface area contributed by atoms with Crippen LogP contribution in [0.3, 0.4) is 0 Å². The van der Waals surface area contributed by atoms with Gasteiger partial charge in [0, 0.05) is 19.6 Å². The molecular weight excluding hydrogens is 274 g/mol. The summed E-state index contributed by atoms with van der Waals surface area (Å²) in [5, 5.41) is 14.0. The molecule has 0 spiro atoms. The number of carbonyl (C=O) groups is 1. The molecule has 1 aliphatic rings. The number of anilines is 2. The molecule has 0 bridgehead atoms. The first-order valence-electron chi connectivity index (χ1n) is 6.96. The number of piperidine rings is 1. The van der Waals surface area contributed by atoms with Crippen molar-refractivity contribution in [2.24, 2.45) is 11.7 Å². The van der Waals surface area contributed by atoms with Gasteiger partial charge in [0.2, 0.25) is 5.91 Å². The zero-order valence-electron chi connectivity index (χ0n) is 11.9. The van der Waals surface area contributed by atoms with E-state index in [1.807, 2.05) is 11.8 Å². The Morgan fingerprint density at radius 2 is 2.38 bits per heavy atom. The summed E-state index contributed by atoms with van der Waals surface area (Å²) < 4.78 is 0. The van der Waals surface area contributed by atoms with Crippen molar-refractivity contribution in [1.82, 2.24) is 4.98 Å². The first-order valence-corrected chi connectivity index (χ1v) is 6.96. The molecule has 1 aromatic heterocycles. The van der Waals surface area contributed by atoms with E-state index in [0.29, 0.717) is 31.3 Å². The molecule has 0 radical (unpaired) electrons. The predicted octanol–water partition coefficient (Wildman–Crippen LogP) is 1.12. The van der Waals surface area contributed by atoms with Crippen LogP contribution in [-0.4, -0.2) is 35.4 Å². The van der Waals surface area contributed by atoms with Crippen LogP contribution in [-0.2, 0) is 4.79 Å². The summed E-state index contributed by atoms with van der Waals surface area (Å²) in [4.78, 5) is 28.2. The number of hydrogen-bond acceptors (Lipinski definition) is 6. The molecule has 1 saturated heterocycles. The Morgan fingerprint density at radius 1 is 1.62 bits per heavy atom. The molecule has 1 aromatic rings. The van der Waals surface area contributed by atoms with Crippen LogP contribution in [0.2, 0.25) is 0 Å². The van der Waals surface area contributed by atoms with Crippen LogP contribution in [0.4, 0.5) is 17.3 Å². The van der Waals surface area contributed by atoms with Crippen molar-refractivity contribution >= 4 is 23.2 Å². The van der Waals surface area contributed by atoms with Gasteiger partial charge < -0.3 is 16.0 Å². The number of nitrogens with one attached hydrogen (secondary N) is 1. The second-order valence-corrected chi connectivity index (χ2v) is 5.04. The van der Waals surface area contributed by atoms with Crippen LogP contribution < -0.4 is 16.0 Å². The molecule has 114 valence electrons. The normalized spacial score (nSPS) is 18.3. The molecule has 0 aliphatic carbocycles. The van der Waals surface area contributed by atoms with Gasteiger partial charge in [-0.1, -0.05) is 0 Å². The van der Waals surface area contributed by atoms with Crippen LogP contribution in [0.15, 0.2) is 12.1 Å². The topological polar surface area (TPSA) is 114 Å². The zero-order valence-corrected chi connectivity index (χ0v) is 11.9. The maximum Gasteiger partial charge on any atom is 0.276 e. The van der Waals surface area contributed by atoms with Crippen LogP contribution in [0.1, 0.15) is 19.8 Å². The van der Waals surface area contributed by atoms with Crippen molar-refractivity contribution in [3.8, 4) is 0 Å². The van der Waals surface area contributed by atoms with Gasteiger partial charge in [-0.2, -0.15) is 0 Å². The van der Waals surface area contributed by atoms with Crippen molar-refractivity contribution in [2.45, 2.75) is 19.8 Å². The molecule has 1 unspecified atom stereocenters. The summed E-state index contributed by atoms with van der Waals surface area (Å²) in [6.07, 6.45) is 1.56. The van der Waals surface area contributed by atoms with Gasteiger partial charge in [0.15, 0.2) is 0 Å². The summed E-state index contributed by atoms with van der Waals surface area (Å²) in [5.74, 6) is 0.397. The SMILES string of the molecule is CCNc1cc([N+](=O)[O-])cc(N2CCCC(C(N)=O)C2)n1. The molecule has 0 aromatic carbocycles. The average molecular weight is 293 g/mol. The number of carbonyl (C=O) groups excluding carboxylic acids is 1. The van der Waals surface area contributed by atoms with Crippen LogP contribution >= 0.6 is 0 Å². The minimum atomic E-state index is -0.443. The molecule has 8 heteroatoms. The fourth-order valence-electron chi connectivity index (χ4n) is 2.46. The second kappa shape index (κ2) is 6.38. The lowest BCUT2D eigenvalue weighted by atomic mass is 9.97. The van der Waals surface area contributed by atoms with Gasteiger partial charge >= 0.3 is 0 Å². The summed E-state index contributed by atoms with van der Waals surface area (Å²) in [6.45, 7) is 3.68. The Bertz CT molecular complexity index is 549. The Morgan fingerprint density at radius 3 is 3.00 bits per heavy atom. The first kappa shape index (κ1) is 15.0. The number of aromatic nitrogens is 1. The number of nitrogens with zero attached hydrogens (tertiary/aromatic N) is 3. The number of rotatable bonds is 5. The molecule has 1 amide bonds. The molecule has 1 fully saturated rings. The molecule has 2 heterocycles. The minimum Gasteiger partial charge on any atom is -0.370 e. The molecule has 1 atom stereocenters. The highest BCUT2D eigenvalue weighted by molar-refractivity contribution is 5.77. The van der Waals surface area contributed by atoms with Crippen molar-refractivity contribution in [3.05, 3.63) is 22.2 Å². The number of hydrogen-bond donors (Lipinski definition) is 2. The van der Waals surface area contributed by atoms with E-state index in [4.69, 9.17) is 5.73 Å². The molecule has 0 saturated carbocycles. The second-order valence-electron chi connectivity index (χ2n) is 5.04. The predicted molar refractivity (Wildman–Crippen MR) is 79.2 cm³/mol. The quantitative estimate of drug-likeness (QED) is 0.621. The highest BCUT2D eigenvalue weighted by Gasteiger charge is 2.26. The van der Waals surface area contributed by atoms with Crippen LogP contribution in [0, 0.1) is 16.0 Å². The summed E-state index contributed by atoms with van der Waals surface area (Å²) >= 11 is 0. The van der Waals surface area contributed by atoms with Gasteiger partial charge in [-0.05, 0) is 19.8 Å². The molecule has 2 rings (SSSR count). The number of primary amides is 1. The maximum absolute atomic E-state index is 11.3. The van der Waals surface area contributed by atoms with E-state index in [1.54, 1.807) is 0 Å². The van der Waals surface area contributed by atoms with Crippen molar-refractivity contribution < 1.29 is 9.72 Å². The van der Waals surface area contributed by atoms with Gasteiger partial charge in [0.1, 0.15) is 11.6 Å².